The van der Waals surface area contributed by atoms with Gasteiger partial charge in [-0.2, -0.15) is 0 Å². The van der Waals surface area contributed by atoms with Crippen LogP contribution in [0.5, 0.6) is 23.0 Å². The van der Waals surface area contributed by atoms with Crippen LogP contribution in [0.1, 0.15) is 121 Å². The maximum atomic E-state index is 14.1. The van der Waals surface area contributed by atoms with Crippen molar-refractivity contribution in [1.29, 1.82) is 0 Å². The Labute approximate surface area is 601 Å². The second-order valence-corrected chi connectivity index (χ2v) is 29.4. The Hall–Kier alpha value is -10.8. The number of nitrogens with zero attached hydrogens (tertiary/aromatic N) is 5. The molecule has 104 heavy (non-hydrogen) atoms. The molecule has 0 saturated carbocycles. The number of hydrogen-bond acceptors (Lipinski definition) is 15. The predicted octanol–water partition coefficient (Wildman–Crippen LogP) is 14.4. The Morgan fingerprint density at radius 2 is 1.00 bits per heavy atom. The van der Waals surface area contributed by atoms with Crippen molar-refractivity contribution in [2.75, 3.05) is 39.5 Å². The maximum absolute atomic E-state index is 14.1. The molecule has 4 atom stereocenters. The van der Waals surface area contributed by atoms with Crippen molar-refractivity contribution in [3.8, 4) is 23.0 Å². The van der Waals surface area contributed by atoms with Crippen LogP contribution in [0.15, 0.2) is 207 Å². The molecule has 12 rings (SSSR count). The number of carboxylic acids is 1. The number of carbonyl (C=O) groups excluding carboxylic acids is 5. The maximum Gasteiger partial charge on any atom is 0.336 e. The van der Waals surface area contributed by atoms with Gasteiger partial charge in [-0.3, -0.25) is 43.1 Å². The van der Waals surface area contributed by atoms with Crippen molar-refractivity contribution >= 4 is 72.1 Å². The molecule has 2 aliphatic heterocycles. The first-order valence-corrected chi connectivity index (χ1v) is 37.5. The standard InChI is InChI=1S/C33H34FN4O6P.C32H23FN2O4.C14H23N2O3P/c1-4-27(39)21(2)36-45(43,44-24-9-6-5-7-10-24)18-17-37(3)32(41)28-25-11-8-16-35-30(25)31(40)29-26(28)20-38(33(29)42)19-22-12-14-23(34)15-13-22;33-23-15-13-20(14-16-23)18-35-19-25-26(32(37)38)24-12-7-17-34-28(24)30(27(25)31(35)36)39-29(21-8-3-1-4-9-21)22-10-5-2-6-11-22;1-4-14(17)12(2)16-20(18,11-10-15-3)19-13-8-6-5-7-9-13/h5-16,21,40H,4,17-20H2,1-3H3,(H,36,43);1-17,29H,18-19H2,(H,37,38);5-9,12,15H,4,10-11H2,1-3H3,(H,16,18)/t21-,45?;;12-,20?/m0.0/s1. The number of ketones is 2. The molecule has 0 saturated heterocycles. The molecule has 0 bridgehead atoms. The number of hydrogen-bond donors (Lipinski definition) is 5. The normalized spacial score (nSPS) is 14.0. The Balaban J connectivity index is 0.000000179. The van der Waals surface area contributed by atoms with E-state index >= 15 is 0 Å². The zero-order valence-corrected chi connectivity index (χ0v) is 60.0. The highest BCUT2D eigenvalue weighted by molar-refractivity contribution is 7.57. The number of phenolic OH excluding ortho intramolecular Hbond substituents is 1. The molecule has 4 heterocycles. The van der Waals surface area contributed by atoms with E-state index in [1.54, 1.807) is 144 Å². The SMILES string of the molecule is CCC(=O)[C@H](C)NP(=O)(CCN(C)C(=O)c1c2c(c(O)c3ncccc13)C(=O)N(Cc1ccc(F)cc1)C2)Oc1ccccc1.CCC(=O)[C@H](C)NP(=O)(CCNC)Oc1ccccc1.O=C(O)c1c2c(c(OC(c3ccccc3)c3ccccc3)c3ncccc13)C(=O)N(Cc1ccc(F)cc1)C2. The van der Waals surface area contributed by atoms with Crippen LogP contribution in [-0.4, -0.2) is 122 Å². The van der Waals surface area contributed by atoms with Crippen molar-refractivity contribution in [1.82, 2.24) is 40.2 Å². The van der Waals surface area contributed by atoms with Gasteiger partial charge < -0.3 is 44.0 Å². The van der Waals surface area contributed by atoms with Crippen LogP contribution in [-0.2, 0) is 44.9 Å². The van der Waals surface area contributed by atoms with E-state index in [1.807, 2.05) is 78.9 Å². The second-order valence-electron chi connectivity index (χ2n) is 24.9. The van der Waals surface area contributed by atoms with Gasteiger partial charge in [0, 0.05) is 93.5 Å². The van der Waals surface area contributed by atoms with Gasteiger partial charge in [0.2, 0.25) is 0 Å². The largest absolute Gasteiger partial charge is 0.505 e. The summed E-state index contributed by atoms with van der Waals surface area (Å²) >= 11 is 0. The lowest BCUT2D eigenvalue weighted by Gasteiger charge is -2.26. The van der Waals surface area contributed by atoms with Crippen LogP contribution >= 0.6 is 15.0 Å². The van der Waals surface area contributed by atoms with Gasteiger partial charge in [0.15, 0.2) is 11.5 Å². The predicted molar refractivity (Wildman–Crippen MR) is 393 cm³/mol. The minimum atomic E-state index is -3.69. The van der Waals surface area contributed by atoms with E-state index in [-0.39, 0.29) is 108 Å². The lowest BCUT2D eigenvalue weighted by molar-refractivity contribution is -0.120. The summed E-state index contributed by atoms with van der Waals surface area (Å²) in [6.07, 6.45) is 3.31. The first-order valence-electron chi connectivity index (χ1n) is 33.8. The number of pyridine rings is 2. The van der Waals surface area contributed by atoms with E-state index < -0.39 is 56.8 Å². The zero-order chi connectivity index (χ0) is 74.2. The summed E-state index contributed by atoms with van der Waals surface area (Å²) in [6, 6.07) is 53.9. The number of ether oxygens (including phenoxy) is 1. The fourth-order valence-corrected chi connectivity index (χ4v) is 16.2. The molecular weight excluding hydrogens is 1370 g/mol. The summed E-state index contributed by atoms with van der Waals surface area (Å²) in [7, 11) is -3.47. The van der Waals surface area contributed by atoms with Crippen LogP contribution in [0.4, 0.5) is 8.78 Å². The van der Waals surface area contributed by atoms with Crippen LogP contribution in [0, 0.1) is 11.6 Å². The second kappa shape index (κ2) is 34.4. The molecule has 3 amide bonds. The summed E-state index contributed by atoms with van der Waals surface area (Å²) in [5.41, 5.74) is 4.72. The van der Waals surface area contributed by atoms with Gasteiger partial charge in [-0.25, -0.2) is 23.7 Å². The third-order valence-electron chi connectivity index (χ3n) is 17.6. The number of Topliss-reactive ketones (excluding diaryl/α,β-unsaturated/α-hetero) is 2. The summed E-state index contributed by atoms with van der Waals surface area (Å²) in [6.45, 7) is 7.81. The van der Waals surface area contributed by atoms with E-state index in [0.717, 1.165) is 16.7 Å². The van der Waals surface area contributed by atoms with E-state index in [4.69, 9.17) is 13.8 Å². The summed E-state index contributed by atoms with van der Waals surface area (Å²) in [5, 5.41) is 30.8. The van der Waals surface area contributed by atoms with Crippen molar-refractivity contribution in [2.24, 2.45) is 0 Å². The van der Waals surface area contributed by atoms with Crippen molar-refractivity contribution < 1.29 is 70.7 Å². The van der Waals surface area contributed by atoms with Gasteiger partial charge in [-0.15, -0.1) is 0 Å². The van der Waals surface area contributed by atoms with Crippen LogP contribution in [0.25, 0.3) is 21.8 Å². The number of rotatable bonds is 28. The highest BCUT2D eigenvalue weighted by Crippen LogP contribution is 2.47. The molecule has 25 heteroatoms. The first-order chi connectivity index (χ1) is 50.0. The number of para-hydroxylation sites is 2. The number of fused-ring (bicyclic) bond motifs is 4. The van der Waals surface area contributed by atoms with Gasteiger partial charge in [-0.1, -0.05) is 147 Å². The number of halogens is 2. The molecule has 0 aliphatic carbocycles. The molecule has 8 aromatic carbocycles. The highest BCUT2D eigenvalue weighted by Gasteiger charge is 2.41. The quantitative estimate of drug-likeness (QED) is 0.0285. The third-order valence-corrected chi connectivity index (χ3v) is 21.7. The molecule has 21 nitrogen and oxygen atoms in total. The Bertz CT molecular complexity index is 4800. The number of aromatic nitrogens is 2. The molecule has 10 aromatic rings. The molecule has 2 unspecified atom stereocenters. The van der Waals surface area contributed by atoms with E-state index in [0.29, 0.717) is 63.6 Å². The third kappa shape index (κ3) is 18.1. The summed E-state index contributed by atoms with van der Waals surface area (Å²) in [4.78, 5) is 91.3. The van der Waals surface area contributed by atoms with Gasteiger partial charge in [0.1, 0.15) is 51.8 Å². The molecule has 0 spiro atoms. The van der Waals surface area contributed by atoms with Gasteiger partial charge in [0.05, 0.1) is 46.7 Å². The minimum Gasteiger partial charge on any atom is -0.505 e. The number of aromatic carboxylic acids is 1. The number of carboxylic acid groups (broad SMARTS) is 1. The van der Waals surface area contributed by atoms with Gasteiger partial charge in [0.25, 0.3) is 17.7 Å². The summed E-state index contributed by atoms with van der Waals surface area (Å²) in [5.74, 6) is -2.52. The molecule has 538 valence electrons. The first kappa shape index (κ1) is 75.9. The molecule has 0 fully saturated rings. The number of aromatic hydroxyl groups is 1. The van der Waals surface area contributed by atoms with Crippen molar-refractivity contribution in [3.63, 3.8) is 0 Å². The average Bonchev–Trinajstić information content (AvgIpc) is 1.52. The van der Waals surface area contributed by atoms with Gasteiger partial charge in [-0.05, 0) is 104 Å². The van der Waals surface area contributed by atoms with Crippen LogP contribution in [0.3, 0.4) is 0 Å². The zero-order valence-electron chi connectivity index (χ0n) is 58.2. The number of phenols is 1. The fraction of sp³-hybridized carbons (Fsp3) is 0.241. The number of benzene rings is 8. The molecule has 5 N–H and O–H groups in total. The Kier molecular flexibility index (Phi) is 25.1. The van der Waals surface area contributed by atoms with Crippen molar-refractivity contribution in [2.45, 2.75) is 84.9 Å². The van der Waals surface area contributed by atoms with Gasteiger partial charge >= 0.3 is 21.0 Å². The molecule has 2 aliphatic rings. The molecular formula is C79H80F2N8O13P2. The number of amides is 3. The van der Waals surface area contributed by atoms with E-state index in [9.17, 15) is 56.9 Å². The van der Waals surface area contributed by atoms with E-state index in [1.165, 1.54) is 40.3 Å². The van der Waals surface area contributed by atoms with Crippen LogP contribution < -0.4 is 29.3 Å². The lowest BCUT2D eigenvalue weighted by Crippen LogP contribution is -2.36. The lowest BCUT2D eigenvalue weighted by atomic mass is 9.95. The topological polar surface area (TPSA) is 276 Å². The Morgan fingerprint density at radius 1 is 0.577 bits per heavy atom. The Morgan fingerprint density at radius 3 is 1.45 bits per heavy atom. The summed E-state index contributed by atoms with van der Waals surface area (Å²) < 4.78 is 72.1. The van der Waals surface area contributed by atoms with Crippen LogP contribution in [0.2, 0.25) is 0 Å². The monoisotopic (exact) mass is 1450 g/mol. The molecule has 0 radical (unpaired) electrons. The average molecular weight is 1450 g/mol. The smallest absolute Gasteiger partial charge is 0.336 e. The highest BCUT2D eigenvalue weighted by atomic mass is 31.2. The fourth-order valence-electron chi connectivity index (χ4n) is 12.2. The number of carbonyl (C=O) groups is 6. The minimum absolute atomic E-state index is 0.00767. The van der Waals surface area contributed by atoms with E-state index in [2.05, 4.69) is 25.5 Å². The van der Waals surface area contributed by atoms with Crippen molar-refractivity contribution in [3.05, 3.63) is 274 Å². The molecule has 2 aromatic heterocycles. The number of nitrogens with one attached hydrogen (secondary N) is 3.